The second-order valence-electron chi connectivity index (χ2n) is 9.16. The van der Waals surface area contributed by atoms with Crippen molar-refractivity contribution in [3.05, 3.63) is 35.4 Å². The fraction of sp³-hybridized carbons (Fsp3) is 0.591. The average molecular weight is 406 g/mol. The third kappa shape index (κ3) is 4.09. The summed E-state index contributed by atoms with van der Waals surface area (Å²) in [6.45, 7) is 1.84. The van der Waals surface area contributed by atoms with Gasteiger partial charge in [-0.3, -0.25) is 9.59 Å². The molecule has 0 spiro atoms. The van der Waals surface area contributed by atoms with Crippen LogP contribution in [0.15, 0.2) is 29.4 Å². The number of benzene rings is 1. The van der Waals surface area contributed by atoms with E-state index in [2.05, 4.69) is 5.10 Å². The molecule has 1 aromatic rings. The molecule has 5 rings (SSSR count). The fourth-order valence-electron chi connectivity index (χ4n) is 5.88. The Balaban J connectivity index is 1.49. The third-order valence-electron chi connectivity index (χ3n) is 6.89. The van der Waals surface area contributed by atoms with Crippen LogP contribution in [0, 0.1) is 30.1 Å². The summed E-state index contributed by atoms with van der Waals surface area (Å²) in [4.78, 5) is 25.1. The summed E-state index contributed by atoms with van der Waals surface area (Å²) in [5.41, 5.74) is 1.28. The predicted molar refractivity (Wildman–Crippen MR) is 102 cm³/mol. The molecule has 29 heavy (non-hydrogen) atoms. The second kappa shape index (κ2) is 7.26. The molecule has 4 nitrogen and oxygen atoms in total. The van der Waals surface area contributed by atoms with Crippen molar-refractivity contribution in [3.8, 4) is 0 Å². The Morgan fingerprint density at radius 2 is 1.55 bits per heavy atom. The Bertz CT molecular complexity index is 807. The Morgan fingerprint density at radius 3 is 2.03 bits per heavy atom. The summed E-state index contributed by atoms with van der Waals surface area (Å²) >= 11 is 0. The number of carbonyl (C=O) groups is 2. The van der Waals surface area contributed by atoms with E-state index in [4.69, 9.17) is 0 Å². The maximum atomic E-state index is 13.5. The lowest BCUT2D eigenvalue weighted by Gasteiger charge is -2.56. The van der Waals surface area contributed by atoms with Crippen LogP contribution >= 0.6 is 0 Å². The molecule has 4 saturated carbocycles. The summed E-state index contributed by atoms with van der Waals surface area (Å²) < 4.78 is 40.6. The van der Waals surface area contributed by atoms with Crippen molar-refractivity contribution in [3.63, 3.8) is 0 Å². The van der Waals surface area contributed by atoms with Gasteiger partial charge in [-0.1, -0.05) is 17.7 Å². The number of Topliss-reactive ketones (excluding diaryl/α,β-unsaturated/α-hetero) is 1. The smallest absolute Gasteiger partial charge is 0.299 e. The molecule has 1 N–H and O–H groups in total. The number of hydrogen-bond donors (Lipinski definition) is 1. The fourth-order valence-corrected chi connectivity index (χ4v) is 5.88. The number of alkyl halides is 3. The van der Waals surface area contributed by atoms with E-state index in [0.717, 1.165) is 24.8 Å². The monoisotopic (exact) mass is 406 g/mol. The lowest BCUT2D eigenvalue weighted by Crippen LogP contribution is -2.50. The van der Waals surface area contributed by atoms with Crippen LogP contribution in [0.25, 0.3) is 0 Å². The first-order chi connectivity index (χ1) is 13.6. The van der Waals surface area contributed by atoms with Gasteiger partial charge in [-0.2, -0.15) is 18.3 Å². The normalized spacial score (nSPS) is 31.0. The van der Waals surface area contributed by atoms with Crippen molar-refractivity contribution >= 4 is 17.4 Å². The number of hydrogen-bond acceptors (Lipinski definition) is 3. The minimum absolute atomic E-state index is 0.216. The molecule has 0 aromatic heterocycles. The van der Waals surface area contributed by atoms with Crippen molar-refractivity contribution in [2.45, 2.75) is 58.0 Å². The molecule has 4 aliphatic carbocycles. The van der Waals surface area contributed by atoms with E-state index >= 15 is 0 Å². The number of hydrazone groups is 1. The number of aryl methyl sites for hydroxylation is 1. The van der Waals surface area contributed by atoms with Crippen molar-refractivity contribution in [2.75, 3.05) is 0 Å². The molecule has 0 saturated heterocycles. The first kappa shape index (κ1) is 20.1. The van der Waals surface area contributed by atoms with Gasteiger partial charge >= 0.3 is 6.18 Å². The first-order valence-electron chi connectivity index (χ1n) is 10.2. The molecule has 0 radical (unpaired) electrons. The molecule has 0 heterocycles. The Labute approximate surface area is 167 Å². The van der Waals surface area contributed by atoms with Gasteiger partial charge in [0, 0.05) is 11.0 Å². The third-order valence-corrected chi connectivity index (χ3v) is 6.89. The zero-order valence-electron chi connectivity index (χ0n) is 16.4. The molecular formula is C22H25F3N2O2. The standard InChI is InChI=1S/C22H25F3N2O2/c1-13-2-4-17(5-3-13)20(29)27-26-18(22(23,24)25)9-19(28)21-10-14-6-15(11-21)8-16(7-14)12-21/h2-5,14-16H,6-12H2,1H3,(H,27,29)/b26-18+. The van der Waals surface area contributed by atoms with Crippen LogP contribution in [-0.2, 0) is 4.79 Å². The lowest BCUT2D eigenvalue weighted by molar-refractivity contribution is -0.143. The van der Waals surface area contributed by atoms with Gasteiger partial charge in [-0.25, -0.2) is 5.43 Å². The molecule has 0 atom stereocenters. The molecule has 1 amide bonds. The highest BCUT2D eigenvalue weighted by Gasteiger charge is 2.55. The summed E-state index contributed by atoms with van der Waals surface area (Å²) in [5, 5.41) is 3.33. The van der Waals surface area contributed by atoms with E-state index in [0.29, 0.717) is 37.0 Å². The number of rotatable bonds is 5. The highest BCUT2D eigenvalue weighted by atomic mass is 19.4. The van der Waals surface area contributed by atoms with E-state index in [9.17, 15) is 22.8 Å². The van der Waals surface area contributed by atoms with Gasteiger partial charge in [0.25, 0.3) is 5.91 Å². The zero-order chi connectivity index (χ0) is 20.8. The molecule has 1 aromatic carbocycles. The van der Waals surface area contributed by atoms with Crippen LogP contribution in [0.5, 0.6) is 0 Å². The number of amides is 1. The Morgan fingerprint density at radius 1 is 1.03 bits per heavy atom. The number of ketones is 1. The SMILES string of the molecule is Cc1ccc(C(=O)N/N=C(\CC(=O)C23CC4CC(CC(C4)C2)C3)C(F)(F)F)cc1. The van der Waals surface area contributed by atoms with Gasteiger partial charge in [0.15, 0.2) is 0 Å². The molecule has 0 aliphatic heterocycles. The van der Waals surface area contributed by atoms with Crippen LogP contribution < -0.4 is 5.43 Å². The molecule has 0 unspecified atom stereocenters. The maximum absolute atomic E-state index is 13.5. The highest BCUT2D eigenvalue weighted by Crippen LogP contribution is 2.60. The lowest BCUT2D eigenvalue weighted by atomic mass is 9.48. The van der Waals surface area contributed by atoms with Gasteiger partial charge in [0.1, 0.15) is 11.5 Å². The summed E-state index contributed by atoms with van der Waals surface area (Å²) in [6, 6.07) is 6.43. The molecular weight excluding hydrogens is 381 g/mol. The van der Waals surface area contributed by atoms with Crippen molar-refractivity contribution in [1.82, 2.24) is 5.43 Å². The number of halogens is 3. The van der Waals surface area contributed by atoms with Crippen molar-refractivity contribution in [1.29, 1.82) is 0 Å². The van der Waals surface area contributed by atoms with Gasteiger partial charge in [-0.05, 0) is 75.3 Å². The second-order valence-corrected chi connectivity index (χ2v) is 9.16. The van der Waals surface area contributed by atoms with Crippen molar-refractivity contribution < 1.29 is 22.8 Å². The summed E-state index contributed by atoms with van der Waals surface area (Å²) in [7, 11) is 0. The van der Waals surface area contributed by atoms with Gasteiger partial charge in [-0.15, -0.1) is 0 Å². The van der Waals surface area contributed by atoms with Crippen LogP contribution in [0.1, 0.15) is 60.9 Å². The number of nitrogens with one attached hydrogen (secondary N) is 1. The Kier molecular flexibility index (Phi) is 5.03. The van der Waals surface area contributed by atoms with Gasteiger partial charge in [0.2, 0.25) is 0 Å². The summed E-state index contributed by atoms with van der Waals surface area (Å²) in [6.07, 6.45) is -0.0868. The van der Waals surface area contributed by atoms with Crippen molar-refractivity contribution in [2.24, 2.45) is 28.3 Å². The first-order valence-corrected chi connectivity index (χ1v) is 10.2. The summed E-state index contributed by atoms with van der Waals surface area (Å²) in [5.74, 6) is 0.319. The van der Waals surface area contributed by atoms with Crippen LogP contribution in [-0.4, -0.2) is 23.6 Å². The van der Waals surface area contributed by atoms with E-state index in [1.165, 1.54) is 12.1 Å². The van der Waals surface area contributed by atoms with E-state index in [1.807, 2.05) is 12.3 Å². The number of nitrogens with zero attached hydrogens (tertiary/aromatic N) is 1. The average Bonchev–Trinajstić information content (AvgIpc) is 2.63. The molecule has 7 heteroatoms. The minimum Gasteiger partial charge on any atom is -0.299 e. The molecule has 4 aliphatic rings. The maximum Gasteiger partial charge on any atom is 0.431 e. The Hall–Kier alpha value is -2.18. The van der Waals surface area contributed by atoms with Gasteiger partial charge < -0.3 is 0 Å². The zero-order valence-corrected chi connectivity index (χ0v) is 16.4. The molecule has 4 fully saturated rings. The molecule has 4 bridgehead atoms. The highest BCUT2D eigenvalue weighted by molar-refractivity contribution is 6.07. The largest absolute Gasteiger partial charge is 0.431 e. The van der Waals surface area contributed by atoms with E-state index in [-0.39, 0.29) is 11.3 Å². The predicted octanol–water partition coefficient (Wildman–Crippen LogP) is 4.82. The van der Waals surface area contributed by atoms with Crippen LogP contribution in [0.2, 0.25) is 0 Å². The van der Waals surface area contributed by atoms with E-state index in [1.54, 1.807) is 12.1 Å². The van der Waals surface area contributed by atoms with Crippen LogP contribution in [0.3, 0.4) is 0 Å². The minimum atomic E-state index is -4.77. The van der Waals surface area contributed by atoms with E-state index < -0.39 is 29.6 Å². The van der Waals surface area contributed by atoms with Crippen LogP contribution in [0.4, 0.5) is 13.2 Å². The molecule has 156 valence electrons. The topological polar surface area (TPSA) is 58.5 Å². The number of carbonyl (C=O) groups excluding carboxylic acids is 2. The van der Waals surface area contributed by atoms with Gasteiger partial charge in [0.05, 0.1) is 6.42 Å². The quantitative estimate of drug-likeness (QED) is 0.563.